The largest absolute Gasteiger partial charge is 0.482 e. The third-order valence-electron chi connectivity index (χ3n) is 8.30. The monoisotopic (exact) mass is 624 g/mol. The maximum Gasteiger partial charge on any atom is 0.344 e. The van der Waals surface area contributed by atoms with E-state index in [0.717, 1.165) is 12.0 Å². The predicted octanol–water partition coefficient (Wildman–Crippen LogP) is 4.91. The summed E-state index contributed by atoms with van der Waals surface area (Å²) < 4.78 is 15.8. The van der Waals surface area contributed by atoms with E-state index in [1.807, 2.05) is 37.3 Å². The molecule has 0 radical (unpaired) electrons. The lowest BCUT2D eigenvalue weighted by Crippen LogP contribution is -2.23. The smallest absolute Gasteiger partial charge is 0.344 e. The van der Waals surface area contributed by atoms with Gasteiger partial charge in [0.15, 0.2) is 6.61 Å². The van der Waals surface area contributed by atoms with Gasteiger partial charge in [-0.05, 0) is 87.3 Å². The highest BCUT2D eigenvalue weighted by molar-refractivity contribution is 5.76. The number of esters is 2. The van der Waals surface area contributed by atoms with Crippen molar-refractivity contribution in [2.45, 2.75) is 89.4 Å². The molecule has 45 heavy (non-hydrogen) atoms. The summed E-state index contributed by atoms with van der Waals surface area (Å²) in [5.74, 6) is -0.528. The summed E-state index contributed by atoms with van der Waals surface area (Å²) in [5, 5.41) is 31.5. The minimum Gasteiger partial charge on any atom is -0.482 e. The molecule has 1 saturated carbocycles. The Kier molecular flexibility index (Phi) is 15.8. The van der Waals surface area contributed by atoms with Crippen LogP contribution in [-0.4, -0.2) is 71.7 Å². The average molecular weight is 625 g/mol. The summed E-state index contributed by atoms with van der Waals surface area (Å²) in [6.07, 6.45) is 8.84. The quantitative estimate of drug-likeness (QED) is 0.0811. The van der Waals surface area contributed by atoms with Crippen LogP contribution < -0.4 is 4.74 Å². The Bertz CT molecular complexity index is 1210. The van der Waals surface area contributed by atoms with E-state index in [4.69, 9.17) is 14.2 Å². The molecular formula is C36H48O9. The van der Waals surface area contributed by atoms with Crippen LogP contribution in [0, 0.1) is 18.8 Å². The summed E-state index contributed by atoms with van der Waals surface area (Å²) in [6.45, 7) is 1.77. The second-order valence-electron chi connectivity index (χ2n) is 11.8. The molecule has 246 valence electrons. The molecule has 3 N–H and O–H groups in total. The van der Waals surface area contributed by atoms with Crippen molar-refractivity contribution in [3.8, 4) is 5.75 Å². The standard InChI is InChI=1S/C36H48O9/c1-26-14-15-28(24-37)22-34(26)45-25-36(42)44-21-9-20-43-35(41)13-8-3-2-7-12-30-31(33(40)23-32(30)39)19-18-29(38)17-16-27-10-5-4-6-11-27/h2,4-7,10-11,14-15,22,24,29-33,38-40H,3,8-9,12-13,16-21,23,25H2,1H3/b7-2-/t29-,30+,31+,32-,33+/m0/s1. The van der Waals surface area contributed by atoms with Gasteiger partial charge in [-0.15, -0.1) is 0 Å². The van der Waals surface area contributed by atoms with Gasteiger partial charge < -0.3 is 29.5 Å². The van der Waals surface area contributed by atoms with Gasteiger partial charge in [-0.3, -0.25) is 9.59 Å². The summed E-state index contributed by atoms with van der Waals surface area (Å²) in [4.78, 5) is 34.8. The lowest BCUT2D eigenvalue weighted by Gasteiger charge is -2.23. The van der Waals surface area contributed by atoms with E-state index in [9.17, 15) is 29.7 Å². The van der Waals surface area contributed by atoms with Crippen molar-refractivity contribution in [1.29, 1.82) is 0 Å². The first-order valence-corrected chi connectivity index (χ1v) is 16.0. The first-order valence-electron chi connectivity index (χ1n) is 16.0. The van der Waals surface area contributed by atoms with Crippen molar-refractivity contribution in [3.63, 3.8) is 0 Å². The lowest BCUT2D eigenvalue weighted by molar-refractivity contribution is -0.147. The first-order chi connectivity index (χ1) is 21.8. The van der Waals surface area contributed by atoms with Crippen LogP contribution in [0.3, 0.4) is 0 Å². The number of hydrogen-bond donors (Lipinski definition) is 3. The van der Waals surface area contributed by atoms with Gasteiger partial charge in [0.05, 0.1) is 31.5 Å². The maximum atomic E-state index is 12.0. The molecule has 0 saturated heterocycles. The molecule has 1 aliphatic carbocycles. The van der Waals surface area contributed by atoms with Gasteiger partial charge in [0, 0.05) is 18.4 Å². The zero-order valence-electron chi connectivity index (χ0n) is 26.2. The normalized spacial score (nSPS) is 20.2. The molecule has 0 heterocycles. The Morgan fingerprint density at radius 2 is 1.67 bits per heavy atom. The Morgan fingerprint density at radius 1 is 0.933 bits per heavy atom. The van der Waals surface area contributed by atoms with E-state index in [2.05, 4.69) is 12.1 Å². The fraction of sp³-hybridized carbons (Fsp3) is 0.528. The van der Waals surface area contributed by atoms with Crippen LogP contribution in [0.25, 0.3) is 0 Å². The summed E-state index contributed by atoms with van der Waals surface area (Å²) in [7, 11) is 0. The van der Waals surface area contributed by atoms with Crippen LogP contribution in [0.4, 0.5) is 0 Å². The van der Waals surface area contributed by atoms with Crippen molar-refractivity contribution in [1.82, 2.24) is 0 Å². The molecule has 9 nitrogen and oxygen atoms in total. The molecule has 0 bridgehead atoms. The third kappa shape index (κ3) is 13.2. The van der Waals surface area contributed by atoms with Crippen LogP contribution >= 0.6 is 0 Å². The van der Waals surface area contributed by atoms with E-state index >= 15 is 0 Å². The van der Waals surface area contributed by atoms with Gasteiger partial charge in [-0.25, -0.2) is 4.79 Å². The second-order valence-corrected chi connectivity index (χ2v) is 11.8. The number of unbranched alkanes of at least 4 members (excludes halogenated alkanes) is 1. The molecule has 0 aromatic heterocycles. The number of aryl methyl sites for hydroxylation is 2. The first kappa shape index (κ1) is 35.9. The van der Waals surface area contributed by atoms with E-state index < -0.39 is 24.3 Å². The number of carbonyl (C=O) groups is 3. The number of carbonyl (C=O) groups excluding carboxylic acids is 3. The summed E-state index contributed by atoms with van der Waals surface area (Å²) in [5.41, 5.74) is 2.45. The Hall–Kier alpha value is -3.53. The van der Waals surface area contributed by atoms with E-state index in [0.29, 0.717) is 69.0 Å². The van der Waals surface area contributed by atoms with E-state index in [1.165, 1.54) is 5.56 Å². The number of hydrogen-bond acceptors (Lipinski definition) is 9. The SMILES string of the molecule is Cc1ccc(C=O)cc1OCC(=O)OCCCOC(=O)CCC/C=C\C[C@@H]1[C@@H](CC[C@@H](O)CCc2ccccc2)[C@H](O)C[C@@H]1O. The van der Waals surface area contributed by atoms with Crippen LogP contribution in [-0.2, 0) is 25.5 Å². The van der Waals surface area contributed by atoms with Gasteiger partial charge in [0.2, 0.25) is 0 Å². The van der Waals surface area contributed by atoms with Gasteiger partial charge in [-0.2, -0.15) is 0 Å². The zero-order chi connectivity index (χ0) is 32.4. The van der Waals surface area contributed by atoms with Crippen LogP contribution in [0.15, 0.2) is 60.7 Å². The minimum atomic E-state index is -0.567. The minimum absolute atomic E-state index is 0.0533. The number of benzene rings is 2. The van der Waals surface area contributed by atoms with Crippen molar-refractivity contribution in [2.75, 3.05) is 19.8 Å². The van der Waals surface area contributed by atoms with Gasteiger partial charge in [0.25, 0.3) is 0 Å². The second kappa shape index (κ2) is 19.8. The van der Waals surface area contributed by atoms with Crippen molar-refractivity contribution >= 4 is 18.2 Å². The average Bonchev–Trinajstić information content (AvgIpc) is 3.31. The summed E-state index contributed by atoms with van der Waals surface area (Å²) >= 11 is 0. The molecule has 0 spiro atoms. The number of ether oxygens (including phenoxy) is 3. The zero-order valence-corrected chi connectivity index (χ0v) is 26.2. The van der Waals surface area contributed by atoms with Gasteiger partial charge in [0.1, 0.15) is 12.0 Å². The molecule has 2 aromatic carbocycles. The molecule has 3 rings (SSSR count). The number of aliphatic hydroxyl groups excluding tert-OH is 3. The molecule has 9 heteroatoms. The van der Waals surface area contributed by atoms with Gasteiger partial charge >= 0.3 is 11.9 Å². The molecule has 1 fully saturated rings. The van der Waals surface area contributed by atoms with Crippen molar-refractivity contribution < 1.29 is 43.9 Å². The van der Waals surface area contributed by atoms with Crippen LogP contribution in [0.2, 0.25) is 0 Å². The fourth-order valence-corrected chi connectivity index (χ4v) is 5.68. The van der Waals surface area contributed by atoms with Gasteiger partial charge in [-0.1, -0.05) is 54.6 Å². The van der Waals surface area contributed by atoms with Crippen LogP contribution in [0.1, 0.15) is 79.3 Å². The lowest BCUT2D eigenvalue weighted by atomic mass is 9.85. The number of rotatable bonds is 20. The number of allylic oxidation sites excluding steroid dienone is 2. The number of aldehydes is 1. The van der Waals surface area contributed by atoms with E-state index in [1.54, 1.807) is 18.2 Å². The highest BCUT2D eigenvalue weighted by atomic mass is 16.6. The highest BCUT2D eigenvalue weighted by Crippen LogP contribution is 2.38. The van der Waals surface area contributed by atoms with Crippen molar-refractivity contribution in [3.05, 3.63) is 77.4 Å². The molecule has 0 amide bonds. The Morgan fingerprint density at radius 3 is 2.42 bits per heavy atom. The third-order valence-corrected chi connectivity index (χ3v) is 8.30. The van der Waals surface area contributed by atoms with Crippen LogP contribution in [0.5, 0.6) is 5.75 Å². The van der Waals surface area contributed by atoms with Crippen molar-refractivity contribution in [2.24, 2.45) is 11.8 Å². The molecule has 1 aliphatic rings. The predicted molar refractivity (Wildman–Crippen MR) is 170 cm³/mol. The Balaban J connectivity index is 1.22. The topological polar surface area (TPSA) is 140 Å². The summed E-state index contributed by atoms with van der Waals surface area (Å²) in [6, 6.07) is 15.0. The molecule has 0 aliphatic heterocycles. The molecule has 0 unspecified atom stereocenters. The fourth-order valence-electron chi connectivity index (χ4n) is 5.68. The van der Waals surface area contributed by atoms with E-state index in [-0.39, 0.29) is 44.0 Å². The Labute approximate surface area is 266 Å². The molecule has 5 atom stereocenters. The molecular weight excluding hydrogens is 576 g/mol. The molecule has 2 aromatic rings. The maximum absolute atomic E-state index is 12.0. The number of aliphatic hydroxyl groups is 3. The highest BCUT2D eigenvalue weighted by Gasteiger charge is 2.40.